The third-order valence-corrected chi connectivity index (χ3v) is 7.90. The molecule has 4 N–H and O–H groups in total. The second kappa shape index (κ2) is 14.9. The number of carbonyl (C=O) groups excluding carboxylic acids is 3. The minimum absolute atomic E-state index is 0.0192. The summed E-state index contributed by atoms with van der Waals surface area (Å²) in [5.74, 6) is -1.56. The molecule has 3 aromatic rings. The molecule has 4 atom stereocenters. The molecular formula is C34H41FN4O4. The van der Waals surface area contributed by atoms with Crippen molar-refractivity contribution in [2.24, 2.45) is 11.7 Å². The molecule has 3 amide bonds. The summed E-state index contributed by atoms with van der Waals surface area (Å²) in [5.41, 5.74) is 9.78. The number of aryl methyl sites for hydroxylation is 1. The largest absolute Gasteiger partial charge is 0.383 e. The van der Waals surface area contributed by atoms with Crippen molar-refractivity contribution in [1.29, 1.82) is 0 Å². The van der Waals surface area contributed by atoms with Crippen molar-refractivity contribution in [2.75, 3.05) is 25.6 Å². The fraction of sp³-hybridized carbons (Fsp3) is 0.382. The third kappa shape index (κ3) is 8.72. The highest BCUT2D eigenvalue weighted by Crippen LogP contribution is 2.22. The van der Waals surface area contributed by atoms with Crippen molar-refractivity contribution in [3.05, 3.63) is 101 Å². The second-order valence-corrected chi connectivity index (χ2v) is 11.4. The van der Waals surface area contributed by atoms with Gasteiger partial charge in [-0.05, 0) is 86.2 Å². The number of anilines is 1. The molecule has 0 radical (unpaired) electrons. The van der Waals surface area contributed by atoms with Gasteiger partial charge >= 0.3 is 0 Å². The number of methoxy groups -OCH3 is 1. The van der Waals surface area contributed by atoms with Crippen LogP contribution in [0.5, 0.6) is 0 Å². The first-order valence-electron chi connectivity index (χ1n) is 14.7. The summed E-state index contributed by atoms with van der Waals surface area (Å²) in [4.78, 5) is 41.8. The van der Waals surface area contributed by atoms with Crippen molar-refractivity contribution < 1.29 is 23.5 Å². The number of likely N-dealkylation sites (tertiary alicyclic amines) is 1. The van der Waals surface area contributed by atoms with E-state index in [0.717, 1.165) is 24.0 Å². The zero-order valence-electron chi connectivity index (χ0n) is 25.0. The summed E-state index contributed by atoms with van der Waals surface area (Å²) < 4.78 is 18.6. The van der Waals surface area contributed by atoms with Crippen molar-refractivity contribution >= 4 is 23.4 Å². The smallest absolute Gasteiger partial charge is 0.254 e. The van der Waals surface area contributed by atoms with E-state index in [0.29, 0.717) is 42.8 Å². The molecule has 228 valence electrons. The van der Waals surface area contributed by atoms with Gasteiger partial charge in [0.2, 0.25) is 5.91 Å². The maximum Gasteiger partial charge on any atom is 0.254 e. The first kappa shape index (κ1) is 31.8. The van der Waals surface area contributed by atoms with Crippen LogP contribution >= 0.6 is 0 Å². The van der Waals surface area contributed by atoms with Crippen LogP contribution < -0.4 is 16.4 Å². The van der Waals surface area contributed by atoms with Gasteiger partial charge < -0.3 is 26.0 Å². The van der Waals surface area contributed by atoms with Gasteiger partial charge in [0.15, 0.2) is 0 Å². The van der Waals surface area contributed by atoms with E-state index in [1.807, 2.05) is 42.2 Å². The minimum atomic E-state index is -0.552. The van der Waals surface area contributed by atoms with Gasteiger partial charge in [0.05, 0.1) is 12.6 Å². The summed E-state index contributed by atoms with van der Waals surface area (Å²) in [5, 5.41) is 5.89. The Morgan fingerprint density at radius 2 is 1.74 bits per heavy atom. The van der Waals surface area contributed by atoms with Crippen molar-refractivity contribution in [3.8, 4) is 0 Å². The van der Waals surface area contributed by atoms with Gasteiger partial charge in [0.25, 0.3) is 11.8 Å². The standard InChI is InChI=1S/C34H41FN4O4/c1-22-16-25(20-26(17-22)34(42)39-15-7-10-29(39)21-43-3)33(41)38-31(19-24-8-5-4-6-9-24)30(36)18-23(2)32(40)37-28-13-11-27(35)12-14-28/h4-6,8-9,11-14,16-17,20,23,29-31H,7,10,15,18-19,21,36H2,1-3H3,(H,37,40)(H,38,41)/t23-,29-,30+,31+/m1/s1. The maximum atomic E-state index is 13.6. The van der Waals surface area contributed by atoms with E-state index in [2.05, 4.69) is 10.6 Å². The molecular weight excluding hydrogens is 547 g/mol. The molecule has 1 aliphatic rings. The zero-order chi connectivity index (χ0) is 30.9. The minimum Gasteiger partial charge on any atom is -0.383 e. The molecule has 9 heteroatoms. The third-order valence-electron chi connectivity index (χ3n) is 7.90. The van der Waals surface area contributed by atoms with Gasteiger partial charge in [-0.1, -0.05) is 37.3 Å². The molecule has 1 aliphatic heterocycles. The predicted octanol–water partition coefficient (Wildman–Crippen LogP) is 4.72. The highest BCUT2D eigenvalue weighted by molar-refractivity contribution is 6.00. The predicted molar refractivity (Wildman–Crippen MR) is 165 cm³/mol. The number of halogens is 1. The van der Waals surface area contributed by atoms with Gasteiger partial charge in [0, 0.05) is 48.5 Å². The van der Waals surface area contributed by atoms with Crippen LogP contribution in [0.3, 0.4) is 0 Å². The van der Waals surface area contributed by atoms with Crippen molar-refractivity contribution in [1.82, 2.24) is 10.2 Å². The Morgan fingerprint density at radius 1 is 1.05 bits per heavy atom. The van der Waals surface area contributed by atoms with Crippen LogP contribution in [0.4, 0.5) is 10.1 Å². The van der Waals surface area contributed by atoms with E-state index in [9.17, 15) is 18.8 Å². The number of amides is 3. The SMILES string of the molecule is COC[C@H]1CCCN1C(=O)c1cc(C)cc(C(=O)N[C@@H](Cc2ccccc2)[C@@H](N)C[C@@H](C)C(=O)Nc2ccc(F)cc2)c1. The molecule has 1 heterocycles. The molecule has 8 nitrogen and oxygen atoms in total. The molecule has 43 heavy (non-hydrogen) atoms. The van der Waals surface area contributed by atoms with E-state index in [1.54, 1.807) is 32.2 Å². The number of hydrogen-bond acceptors (Lipinski definition) is 5. The summed E-state index contributed by atoms with van der Waals surface area (Å²) in [6, 6.07) is 19.4. The van der Waals surface area contributed by atoms with Crippen LogP contribution in [-0.2, 0) is 16.0 Å². The number of hydrogen-bond donors (Lipinski definition) is 3. The summed E-state index contributed by atoms with van der Waals surface area (Å²) in [7, 11) is 1.63. The lowest BCUT2D eigenvalue weighted by atomic mass is 9.91. The van der Waals surface area contributed by atoms with E-state index < -0.39 is 18.0 Å². The molecule has 0 spiro atoms. The molecule has 0 unspecified atom stereocenters. The van der Waals surface area contributed by atoms with Crippen LogP contribution in [0.1, 0.15) is 58.0 Å². The quantitative estimate of drug-likeness (QED) is 0.283. The Kier molecular flexibility index (Phi) is 11.0. The maximum absolute atomic E-state index is 13.6. The highest BCUT2D eigenvalue weighted by atomic mass is 19.1. The van der Waals surface area contributed by atoms with Crippen LogP contribution in [0, 0.1) is 18.7 Å². The number of ether oxygens (including phenoxy) is 1. The molecule has 0 aliphatic carbocycles. The average molecular weight is 589 g/mol. The molecule has 0 aromatic heterocycles. The fourth-order valence-corrected chi connectivity index (χ4v) is 5.58. The lowest BCUT2D eigenvalue weighted by Gasteiger charge is -2.28. The zero-order valence-corrected chi connectivity index (χ0v) is 25.0. The second-order valence-electron chi connectivity index (χ2n) is 11.4. The van der Waals surface area contributed by atoms with Crippen LogP contribution in [-0.4, -0.2) is 61.0 Å². The Bertz CT molecular complexity index is 1400. The molecule has 0 bridgehead atoms. The average Bonchev–Trinajstić information content (AvgIpc) is 3.46. The fourth-order valence-electron chi connectivity index (χ4n) is 5.58. The lowest BCUT2D eigenvalue weighted by Crippen LogP contribution is -2.50. The number of nitrogens with one attached hydrogen (secondary N) is 2. The topological polar surface area (TPSA) is 114 Å². The van der Waals surface area contributed by atoms with E-state index in [1.165, 1.54) is 24.3 Å². The number of carbonyl (C=O) groups is 3. The normalized spacial score (nSPS) is 16.8. The van der Waals surface area contributed by atoms with Gasteiger partial charge in [-0.25, -0.2) is 4.39 Å². The Morgan fingerprint density at radius 3 is 2.44 bits per heavy atom. The molecule has 4 rings (SSSR count). The first-order valence-corrected chi connectivity index (χ1v) is 14.7. The first-order chi connectivity index (χ1) is 20.6. The number of nitrogens with zero attached hydrogens (tertiary/aromatic N) is 1. The summed E-state index contributed by atoms with van der Waals surface area (Å²) >= 11 is 0. The van der Waals surface area contributed by atoms with Crippen molar-refractivity contribution in [3.63, 3.8) is 0 Å². The molecule has 1 fully saturated rings. The van der Waals surface area contributed by atoms with Crippen molar-refractivity contribution in [2.45, 2.75) is 57.7 Å². The number of nitrogens with two attached hydrogens (primary N) is 1. The number of rotatable bonds is 12. The van der Waals surface area contributed by atoms with Crippen LogP contribution in [0.15, 0.2) is 72.8 Å². The van der Waals surface area contributed by atoms with E-state index in [4.69, 9.17) is 10.5 Å². The highest BCUT2D eigenvalue weighted by Gasteiger charge is 2.30. The Labute approximate surface area is 252 Å². The Balaban J connectivity index is 1.49. The number of benzene rings is 3. The molecule has 1 saturated heterocycles. The van der Waals surface area contributed by atoms with Gasteiger partial charge in [-0.2, -0.15) is 0 Å². The lowest BCUT2D eigenvalue weighted by molar-refractivity contribution is -0.119. The van der Waals surface area contributed by atoms with Gasteiger partial charge in [-0.3, -0.25) is 14.4 Å². The summed E-state index contributed by atoms with van der Waals surface area (Å²) in [6.07, 6.45) is 2.57. The Hall–Kier alpha value is -4.08. The van der Waals surface area contributed by atoms with Gasteiger partial charge in [-0.15, -0.1) is 0 Å². The monoisotopic (exact) mass is 588 g/mol. The van der Waals surface area contributed by atoms with Crippen LogP contribution in [0.25, 0.3) is 0 Å². The summed E-state index contributed by atoms with van der Waals surface area (Å²) in [6.45, 7) is 4.76. The molecule has 0 saturated carbocycles. The molecule has 3 aromatic carbocycles. The van der Waals surface area contributed by atoms with Gasteiger partial charge in [0.1, 0.15) is 5.82 Å². The van der Waals surface area contributed by atoms with E-state index in [-0.39, 0.29) is 29.6 Å². The van der Waals surface area contributed by atoms with Crippen LogP contribution in [0.2, 0.25) is 0 Å². The van der Waals surface area contributed by atoms with E-state index >= 15 is 0 Å².